The fourth-order valence-corrected chi connectivity index (χ4v) is 3.38. The molecule has 9 heteroatoms. The molecule has 34 heavy (non-hydrogen) atoms. The number of aromatic carboxylic acids is 1. The molecule has 1 amide bonds. The largest absolute Gasteiger partial charge is 0.478 e. The smallest absolute Gasteiger partial charge is 0.416 e. The van der Waals surface area contributed by atoms with Crippen molar-refractivity contribution in [2.75, 3.05) is 6.54 Å². The molecule has 4 aromatic rings. The summed E-state index contributed by atoms with van der Waals surface area (Å²) in [6, 6.07) is 15.5. The van der Waals surface area contributed by atoms with Crippen LogP contribution in [0.4, 0.5) is 13.2 Å². The predicted molar refractivity (Wildman–Crippen MR) is 117 cm³/mol. The molecular weight excluding hydrogens is 451 g/mol. The number of amides is 1. The first-order chi connectivity index (χ1) is 16.2. The lowest BCUT2D eigenvalue weighted by Gasteiger charge is -2.10. The summed E-state index contributed by atoms with van der Waals surface area (Å²) >= 11 is 0. The summed E-state index contributed by atoms with van der Waals surface area (Å²) in [7, 11) is 0. The van der Waals surface area contributed by atoms with Crippen LogP contribution in [0.3, 0.4) is 0 Å². The zero-order valence-electron chi connectivity index (χ0n) is 17.6. The maximum Gasteiger partial charge on any atom is 0.416 e. The highest BCUT2D eigenvalue weighted by Crippen LogP contribution is 2.35. The van der Waals surface area contributed by atoms with Crippen LogP contribution in [0.15, 0.2) is 77.4 Å². The van der Waals surface area contributed by atoms with Gasteiger partial charge in [-0.3, -0.25) is 4.79 Å². The van der Waals surface area contributed by atoms with Crippen molar-refractivity contribution in [3.63, 3.8) is 0 Å². The van der Waals surface area contributed by atoms with Gasteiger partial charge in [0, 0.05) is 6.54 Å². The molecule has 1 heterocycles. The topological polar surface area (TPSA) is 88.8 Å². The van der Waals surface area contributed by atoms with Crippen molar-refractivity contribution < 1.29 is 37.0 Å². The lowest BCUT2D eigenvalue weighted by molar-refractivity contribution is -0.137. The number of nitrogens with one attached hydrogen (secondary N) is 1. The number of fused-ring (bicyclic) bond motifs is 1. The fraction of sp³-hybridized carbons (Fsp3) is 0.120. The standard InChI is InChI=1S/C25H18F3NO5/c26-25(27,28)17-8-10-18(11-9-17)34-21-3-1-2-20-22(21)19(14-33-20)23(30)29-13-12-15-4-6-16(7-5-15)24(31)32/h1-11,14H,12-13H2,(H,29,30)(H,31,32). The molecule has 2 N–H and O–H groups in total. The summed E-state index contributed by atoms with van der Waals surface area (Å²) in [4.78, 5) is 23.7. The number of furan rings is 1. The van der Waals surface area contributed by atoms with Crippen LogP contribution in [0.2, 0.25) is 0 Å². The molecule has 3 aromatic carbocycles. The summed E-state index contributed by atoms with van der Waals surface area (Å²) in [5, 5.41) is 12.1. The van der Waals surface area contributed by atoms with Crippen LogP contribution in [0.1, 0.15) is 31.8 Å². The monoisotopic (exact) mass is 469 g/mol. The molecule has 0 aliphatic rings. The van der Waals surface area contributed by atoms with Crippen LogP contribution in [-0.2, 0) is 12.6 Å². The lowest BCUT2D eigenvalue weighted by Crippen LogP contribution is -2.25. The highest BCUT2D eigenvalue weighted by atomic mass is 19.4. The molecule has 0 aliphatic heterocycles. The van der Waals surface area contributed by atoms with E-state index in [9.17, 15) is 22.8 Å². The summed E-state index contributed by atoms with van der Waals surface area (Å²) in [6.45, 7) is 0.292. The van der Waals surface area contributed by atoms with Crippen LogP contribution >= 0.6 is 0 Å². The molecule has 0 saturated heterocycles. The molecule has 4 rings (SSSR count). The normalized spacial score (nSPS) is 11.4. The molecule has 0 bridgehead atoms. The van der Waals surface area contributed by atoms with Gasteiger partial charge in [0.05, 0.1) is 22.1 Å². The highest BCUT2D eigenvalue weighted by Gasteiger charge is 2.30. The van der Waals surface area contributed by atoms with E-state index in [2.05, 4.69) is 5.32 Å². The van der Waals surface area contributed by atoms with E-state index in [1.807, 2.05) is 0 Å². The van der Waals surface area contributed by atoms with Crippen molar-refractivity contribution in [3.8, 4) is 11.5 Å². The summed E-state index contributed by atoms with van der Waals surface area (Å²) < 4.78 is 49.6. The van der Waals surface area contributed by atoms with Crippen molar-refractivity contribution in [2.45, 2.75) is 12.6 Å². The second-order valence-corrected chi connectivity index (χ2v) is 7.41. The van der Waals surface area contributed by atoms with Crippen LogP contribution in [0.5, 0.6) is 11.5 Å². The maximum atomic E-state index is 12.8. The van der Waals surface area contributed by atoms with Gasteiger partial charge in [-0.1, -0.05) is 18.2 Å². The fourth-order valence-electron chi connectivity index (χ4n) is 3.38. The summed E-state index contributed by atoms with van der Waals surface area (Å²) in [5.41, 5.74) is 0.850. The van der Waals surface area contributed by atoms with Crippen molar-refractivity contribution in [3.05, 3.63) is 95.2 Å². The zero-order valence-corrected chi connectivity index (χ0v) is 17.6. The lowest BCUT2D eigenvalue weighted by atomic mass is 10.1. The summed E-state index contributed by atoms with van der Waals surface area (Å²) in [5.74, 6) is -0.983. The molecule has 0 fully saturated rings. The zero-order chi connectivity index (χ0) is 24.3. The average molecular weight is 469 g/mol. The number of ether oxygens (including phenoxy) is 1. The highest BCUT2D eigenvalue weighted by molar-refractivity contribution is 6.08. The first-order valence-corrected chi connectivity index (χ1v) is 10.2. The minimum absolute atomic E-state index is 0.179. The van der Waals surface area contributed by atoms with Crippen molar-refractivity contribution in [2.24, 2.45) is 0 Å². The molecule has 0 atom stereocenters. The average Bonchev–Trinajstić information content (AvgIpc) is 3.24. The number of rotatable bonds is 7. The number of carbonyl (C=O) groups excluding carboxylic acids is 1. The Morgan fingerprint density at radius 2 is 1.68 bits per heavy atom. The van der Waals surface area contributed by atoms with Crippen molar-refractivity contribution in [1.29, 1.82) is 0 Å². The number of carboxylic acid groups (broad SMARTS) is 1. The molecule has 0 unspecified atom stereocenters. The van der Waals surface area contributed by atoms with Gasteiger partial charge in [0.25, 0.3) is 5.91 Å². The molecule has 0 radical (unpaired) electrons. The van der Waals surface area contributed by atoms with Crippen molar-refractivity contribution in [1.82, 2.24) is 5.32 Å². The Balaban J connectivity index is 1.47. The number of halogens is 3. The number of hydrogen-bond donors (Lipinski definition) is 2. The quantitative estimate of drug-likeness (QED) is 0.351. The van der Waals surface area contributed by atoms with E-state index in [1.165, 1.54) is 30.5 Å². The molecule has 0 saturated carbocycles. The van der Waals surface area contributed by atoms with Gasteiger partial charge >= 0.3 is 12.1 Å². The predicted octanol–water partition coefficient (Wildman–Crippen LogP) is 5.91. The molecular formula is C25H18F3NO5. The minimum Gasteiger partial charge on any atom is -0.478 e. The third kappa shape index (κ3) is 5.03. The van der Waals surface area contributed by atoms with Gasteiger partial charge in [0.1, 0.15) is 23.3 Å². The Morgan fingerprint density at radius 1 is 0.971 bits per heavy atom. The van der Waals surface area contributed by atoms with Gasteiger partial charge in [0.15, 0.2) is 0 Å². The minimum atomic E-state index is -4.45. The van der Waals surface area contributed by atoms with Gasteiger partial charge in [0.2, 0.25) is 0 Å². The molecule has 0 aliphatic carbocycles. The van der Waals surface area contributed by atoms with E-state index in [1.54, 1.807) is 30.3 Å². The van der Waals surface area contributed by atoms with Crippen LogP contribution in [-0.4, -0.2) is 23.5 Å². The van der Waals surface area contributed by atoms with Gasteiger partial charge in [-0.2, -0.15) is 13.2 Å². The first-order valence-electron chi connectivity index (χ1n) is 10.2. The third-order valence-corrected chi connectivity index (χ3v) is 5.12. The number of carboxylic acids is 1. The Labute approximate surface area is 191 Å². The van der Waals surface area contributed by atoms with Gasteiger partial charge in [-0.25, -0.2) is 4.79 Å². The van der Waals surface area contributed by atoms with E-state index in [0.717, 1.165) is 17.7 Å². The Hall–Kier alpha value is -4.27. The second kappa shape index (κ2) is 9.30. The Morgan fingerprint density at radius 3 is 2.32 bits per heavy atom. The molecule has 1 aromatic heterocycles. The second-order valence-electron chi connectivity index (χ2n) is 7.41. The number of benzene rings is 3. The summed E-state index contributed by atoms with van der Waals surface area (Å²) in [6.07, 6.45) is -2.68. The molecule has 174 valence electrons. The molecule has 6 nitrogen and oxygen atoms in total. The third-order valence-electron chi connectivity index (χ3n) is 5.12. The number of alkyl halides is 3. The Bertz CT molecular complexity index is 1330. The first kappa shape index (κ1) is 22.9. The number of hydrogen-bond acceptors (Lipinski definition) is 4. The van der Waals surface area contributed by atoms with Crippen LogP contribution in [0.25, 0.3) is 11.0 Å². The van der Waals surface area contributed by atoms with Crippen molar-refractivity contribution >= 4 is 22.8 Å². The van der Waals surface area contributed by atoms with Gasteiger partial charge in [-0.05, 0) is 60.5 Å². The SMILES string of the molecule is O=C(O)c1ccc(CCNC(=O)c2coc3cccc(Oc4ccc(C(F)(F)F)cc4)c23)cc1. The van der Waals surface area contributed by atoms with E-state index in [-0.39, 0.29) is 22.6 Å². The van der Waals surface area contributed by atoms with E-state index in [0.29, 0.717) is 23.9 Å². The Kier molecular flexibility index (Phi) is 6.27. The molecule has 0 spiro atoms. The maximum absolute atomic E-state index is 12.8. The van der Waals surface area contributed by atoms with E-state index >= 15 is 0 Å². The van der Waals surface area contributed by atoms with Crippen LogP contribution < -0.4 is 10.1 Å². The van der Waals surface area contributed by atoms with E-state index in [4.69, 9.17) is 14.3 Å². The number of carbonyl (C=O) groups is 2. The van der Waals surface area contributed by atoms with Gasteiger partial charge in [-0.15, -0.1) is 0 Å². The van der Waals surface area contributed by atoms with Gasteiger partial charge < -0.3 is 19.6 Å². The van der Waals surface area contributed by atoms with Crippen LogP contribution in [0, 0.1) is 0 Å². The van der Waals surface area contributed by atoms with E-state index < -0.39 is 23.6 Å².